The standard InChI is InChI=1S/C21H25N3OS.ClH/c1-4-23(5-2)14-15-24(20(25)17-11-7-6-10-16(17)3)21-22-18-12-8-9-13-19(18)26-21;/h6-13H,4-5,14-15H2,1-3H3;1H. The first kappa shape index (κ1) is 21.4. The number of fused-ring (bicyclic) bond motifs is 1. The molecule has 27 heavy (non-hydrogen) atoms. The summed E-state index contributed by atoms with van der Waals surface area (Å²) in [6, 6.07) is 15.8. The number of carbonyl (C=O) groups excluding carboxylic acids is 1. The Kier molecular flexibility index (Phi) is 7.78. The van der Waals surface area contributed by atoms with E-state index in [-0.39, 0.29) is 18.3 Å². The number of likely N-dealkylation sites (N-methyl/N-ethyl adjacent to an activating group) is 1. The van der Waals surface area contributed by atoms with Crippen LogP contribution in [0.4, 0.5) is 5.13 Å². The van der Waals surface area contributed by atoms with Crippen molar-refractivity contribution in [2.24, 2.45) is 0 Å². The molecule has 0 fully saturated rings. The molecule has 4 nitrogen and oxygen atoms in total. The summed E-state index contributed by atoms with van der Waals surface area (Å²) in [6.45, 7) is 9.69. The molecule has 0 aliphatic rings. The van der Waals surface area contributed by atoms with Crippen molar-refractivity contribution in [1.29, 1.82) is 0 Å². The monoisotopic (exact) mass is 403 g/mol. The molecule has 1 aromatic heterocycles. The summed E-state index contributed by atoms with van der Waals surface area (Å²) >= 11 is 1.58. The Morgan fingerprint density at radius 3 is 2.33 bits per heavy atom. The number of hydrogen-bond donors (Lipinski definition) is 0. The Balaban J connectivity index is 0.00000261. The maximum Gasteiger partial charge on any atom is 0.260 e. The van der Waals surface area contributed by atoms with Crippen molar-refractivity contribution in [1.82, 2.24) is 9.88 Å². The molecule has 0 aliphatic heterocycles. The molecular weight excluding hydrogens is 378 g/mol. The number of halogens is 1. The third-order valence-corrected chi connectivity index (χ3v) is 5.73. The lowest BCUT2D eigenvalue weighted by Gasteiger charge is -2.25. The summed E-state index contributed by atoms with van der Waals surface area (Å²) < 4.78 is 1.10. The van der Waals surface area contributed by atoms with E-state index in [0.717, 1.165) is 46.1 Å². The quantitative estimate of drug-likeness (QED) is 0.556. The van der Waals surface area contributed by atoms with Crippen LogP contribution >= 0.6 is 23.7 Å². The Hall–Kier alpha value is -1.95. The second-order valence-corrected chi connectivity index (χ2v) is 7.27. The maximum atomic E-state index is 13.3. The zero-order valence-electron chi connectivity index (χ0n) is 16.0. The summed E-state index contributed by atoms with van der Waals surface area (Å²) in [5.74, 6) is 0.0225. The van der Waals surface area contributed by atoms with E-state index in [1.54, 1.807) is 11.3 Å². The Bertz CT molecular complexity index is 859. The van der Waals surface area contributed by atoms with E-state index in [1.807, 2.05) is 54.3 Å². The molecule has 0 atom stereocenters. The smallest absolute Gasteiger partial charge is 0.260 e. The van der Waals surface area contributed by atoms with Gasteiger partial charge in [0.25, 0.3) is 5.91 Å². The zero-order valence-corrected chi connectivity index (χ0v) is 17.6. The van der Waals surface area contributed by atoms with Crippen molar-refractivity contribution in [3.63, 3.8) is 0 Å². The summed E-state index contributed by atoms with van der Waals surface area (Å²) in [5.41, 5.74) is 2.68. The number of nitrogens with zero attached hydrogens (tertiary/aromatic N) is 3. The molecule has 1 heterocycles. The summed E-state index contributed by atoms with van der Waals surface area (Å²) in [4.78, 5) is 22.2. The summed E-state index contributed by atoms with van der Waals surface area (Å²) in [5, 5.41) is 0.770. The van der Waals surface area contributed by atoms with Crippen LogP contribution in [0.15, 0.2) is 48.5 Å². The minimum absolute atomic E-state index is 0. The van der Waals surface area contributed by atoms with Crippen LogP contribution < -0.4 is 4.90 Å². The molecule has 144 valence electrons. The average Bonchev–Trinajstić information content (AvgIpc) is 3.09. The lowest BCUT2D eigenvalue weighted by molar-refractivity contribution is 0.0983. The Labute approximate surface area is 171 Å². The van der Waals surface area contributed by atoms with E-state index in [9.17, 15) is 4.79 Å². The SMILES string of the molecule is CCN(CC)CCN(C(=O)c1ccccc1C)c1nc2ccccc2s1.Cl. The van der Waals surface area contributed by atoms with Crippen LogP contribution in [0.1, 0.15) is 29.8 Å². The predicted octanol–water partition coefficient (Wildman–Crippen LogP) is 5.02. The van der Waals surface area contributed by atoms with Crippen molar-refractivity contribution in [3.05, 3.63) is 59.7 Å². The molecular formula is C21H26ClN3OS. The normalized spacial score (nSPS) is 10.8. The number of carbonyl (C=O) groups is 1. The van der Waals surface area contributed by atoms with E-state index in [4.69, 9.17) is 4.98 Å². The van der Waals surface area contributed by atoms with E-state index in [1.165, 1.54) is 0 Å². The highest BCUT2D eigenvalue weighted by molar-refractivity contribution is 7.22. The van der Waals surface area contributed by atoms with Gasteiger partial charge in [-0.2, -0.15) is 0 Å². The maximum absolute atomic E-state index is 13.3. The Morgan fingerprint density at radius 1 is 1.00 bits per heavy atom. The lowest BCUT2D eigenvalue weighted by Crippen LogP contribution is -2.39. The van der Waals surface area contributed by atoms with Crippen LogP contribution in [0.25, 0.3) is 10.2 Å². The lowest BCUT2D eigenvalue weighted by atomic mass is 10.1. The average molecular weight is 404 g/mol. The van der Waals surface area contributed by atoms with Gasteiger partial charge in [0.2, 0.25) is 0 Å². The van der Waals surface area contributed by atoms with Crippen LogP contribution in [0.3, 0.4) is 0 Å². The predicted molar refractivity (Wildman–Crippen MR) is 118 cm³/mol. The minimum atomic E-state index is 0. The number of amides is 1. The first-order valence-electron chi connectivity index (χ1n) is 9.09. The molecule has 0 N–H and O–H groups in total. The number of rotatable bonds is 7. The van der Waals surface area contributed by atoms with Gasteiger partial charge in [-0.3, -0.25) is 9.69 Å². The highest BCUT2D eigenvalue weighted by atomic mass is 35.5. The number of anilines is 1. The van der Waals surface area contributed by atoms with Crippen LogP contribution in [0, 0.1) is 6.92 Å². The number of para-hydroxylation sites is 1. The second kappa shape index (κ2) is 9.83. The van der Waals surface area contributed by atoms with Crippen LogP contribution in [0.2, 0.25) is 0 Å². The number of thiazole rings is 1. The van der Waals surface area contributed by atoms with Gasteiger partial charge in [0.05, 0.1) is 10.2 Å². The van der Waals surface area contributed by atoms with Gasteiger partial charge < -0.3 is 4.90 Å². The molecule has 1 amide bonds. The number of benzene rings is 2. The molecule has 6 heteroatoms. The van der Waals surface area contributed by atoms with Gasteiger partial charge in [-0.05, 0) is 43.8 Å². The van der Waals surface area contributed by atoms with Crippen LogP contribution in [0.5, 0.6) is 0 Å². The molecule has 3 aromatic rings. The van der Waals surface area contributed by atoms with Crippen molar-refractivity contribution in [3.8, 4) is 0 Å². The molecule has 0 spiro atoms. The Morgan fingerprint density at radius 2 is 1.67 bits per heavy atom. The van der Waals surface area contributed by atoms with Gasteiger partial charge >= 0.3 is 0 Å². The molecule has 0 unspecified atom stereocenters. The van der Waals surface area contributed by atoms with Crippen molar-refractivity contribution < 1.29 is 4.79 Å². The van der Waals surface area contributed by atoms with Gasteiger partial charge in [-0.15, -0.1) is 12.4 Å². The second-order valence-electron chi connectivity index (χ2n) is 6.26. The fraction of sp³-hybridized carbons (Fsp3) is 0.333. The molecule has 2 aromatic carbocycles. The van der Waals surface area contributed by atoms with Gasteiger partial charge in [-0.25, -0.2) is 4.98 Å². The van der Waals surface area contributed by atoms with Crippen molar-refractivity contribution in [2.45, 2.75) is 20.8 Å². The van der Waals surface area contributed by atoms with Gasteiger partial charge in [-0.1, -0.05) is 55.5 Å². The van der Waals surface area contributed by atoms with Crippen molar-refractivity contribution in [2.75, 3.05) is 31.1 Å². The number of hydrogen-bond acceptors (Lipinski definition) is 4. The topological polar surface area (TPSA) is 36.4 Å². The molecule has 3 rings (SSSR count). The van der Waals surface area contributed by atoms with Crippen LogP contribution in [-0.2, 0) is 0 Å². The molecule has 0 bridgehead atoms. The summed E-state index contributed by atoms with van der Waals surface area (Å²) in [6.07, 6.45) is 0. The van der Waals surface area contributed by atoms with Gasteiger partial charge in [0.15, 0.2) is 5.13 Å². The largest absolute Gasteiger partial charge is 0.302 e. The summed E-state index contributed by atoms with van der Waals surface area (Å²) in [7, 11) is 0. The van der Waals surface area contributed by atoms with Gasteiger partial charge in [0, 0.05) is 18.7 Å². The molecule has 0 aliphatic carbocycles. The highest BCUT2D eigenvalue weighted by Crippen LogP contribution is 2.29. The molecule has 0 radical (unpaired) electrons. The third-order valence-electron chi connectivity index (χ3n) is 4.67. The third kappa shape index (κ3) is 4.86. The fourth-order valence-electron chi connectivity index (χ4n) is 3.00. The minimum Gasteiger partial charge on any atom is -0.302 e. The first-order valence-corrected chi connectivity index (χ1v) is 9.91. The van der Waals surface area contributed by atoms with E-state index < -0.39 is 0 Å². The van der Waals surface area contributed by atoms with E-state index in [2.05, 4.69) is 24.8 Å². The zero-order chi connectivity index (χ0) is 18.5. The number of aryl methyl sites for hydroxylation is 1. The van der Waals surface area contributed by atoms with E-state index in [0.29, 0.717) is 6.54 Å². The van der Waals surface area contributed by atoms with E-state index >= 15 is 0 Å². The van der Waals surface area contributed by atoms with Gasteiger partial charge in [0.1, 0.15) is 0 Å². The highest BCUT2D eigenvalue weighted by Gasteiger charge is 2.22. The fourth-order valence-corrected chi connectivity index (χ4v) is 3.99. The molecule has 0 saturated carbocycles. The first-order chi connectivity index (χ1) is 12.6. The van der Waals surface area contributed by atoms with Crippen LogP contribution in [-0.4, -0.2) is 42.0 Å². The molecule has 0 saturated heterocycles. The number of aromatic nitrogens is 1. The van der Waals surface area contributed by atoms with Crippen molar-refractivity contribution >= 4 is 45.0 Å².